The minimum absolute atomic E-state index is 0.140. The predicted molar refractivity (Wildman–Crippen MR) is 81.2 cm³/mol. The molecule has 0 bridgehead atoms. The summed E-state index contributed by atoms with van der Waals surface area (Å²) in [6.07, 6.45) is 11.9. The highest BCUT2D eigenvalue weighted by Gasteiger charge is 2.53. The maximum atomic E-state index is 11.7. The number of allylic oxidation sites excluding steroid dienone is 4. The molecule has 5 atom stereocenters. The predicted octanol–water partition coefficient (Wildman–Crippen LogP) is 4.19. The SMILES string of the molecule is C[C@]12CC[C@H]3[C@@H](CCC4=CC(=O)CC[C@@H]43)[C@@H]1CC=C2C#N. The fourth-order valence-electron chi connectivity index (χ4n) is 5.92. The Morgan fingerprint density at radius 2 is 2.10 bits per heavy atom. The van der Waals surface area contributed by atoms with E-state index in [1.807, 2.05) is 6.08 Å². The van der Waals surface area contributed by atoms with Gasteiger partial charge in [-0.3, -0.25) is 4.79 Å². The van der Waals surface area contributed by atoms with E-state index in [0.29, 0.717) is 17.6 Å². The lowest BCUT2D eigenvalue weighted by Gasteiger charge is -2.53. The number of nitriles is 1. The molecule has 2 heteroatoms. The van der Waals surface area contributed by atoms with Crippen LogP contribution in [-0.2, 0) is 4.79 Å². The molecule has 0 spiro atoms. The molecule has 0 aromatic rings. The quantitative estimate of drug-likeness (QED) is 0.668. The van der Waals surface area contributed by atoms with Gasteiger partial charge in [0.25, 0.3) is 0 Å². The molecule has 0 saturated heterocycles. The van der Waals surface area contributed by atoms with Crippen LogP contribution in [0.25, 0.3) is 0 Å². The first-order valence-corrected chi connectivity index (χ1v) is 8.47. The van der Waals surface area contributed by atoms with Gasteiger partial charge in [0.2, 0.25) is 0 Å². The zero-order valence-electron chi connectivity index (χ0n) is 12.8. The van der Waals surface area contributed by atoms with Crippen molar-refractivity contribution in [3.05, 3.63) is 23.3 Å². The number of hydrogen-bond donors (Lipinski definition) is 0. The van der Waals surface area contributed by atoms with Crippen molar-refractivity contribution in [3.63, 3.8) is 0 Å². The lowest BCUT2D eigenvalue weighted by atomic mass is 9.51. The second-order valence-electron chi connectivity index (χ2n) is 7.73. The summed E-state index contributed by atoms with van der Waals surface area (Å²) in [6, 6.07) is 2.47. The summed E-state index contributed by atoms with van der Waals surface area (Å²) in [5, 5.41) is 9.42. The summed E-state index contributed by atoms with van der Waals surface area (Å²) in [7, 11) is 0. The van der Waals surface area contributed by atoms with E-state index in [1.54, 1.807) is 0 Å². The van der Waals surface area contributed by atoms with E-state index in [0.717, 1.165) is 49.5 Å². The van der Waals surface area contributed by atoms with Crippen molar-refractivity contribution in [2.75, 3.05) is 0 Å². The molecular formula is C19H23NO. The third-order valence-electron chi connectivity index (χ3n) is 7.00. The molecule has 0 unspecified atom stereocenters. The number of carbonyl (C=O) groups excluding carboxylic acids is 1. The van der Waals surface area contributed by atoms with Gasteiger partial charge in [-0.2, -0.15) is 5.26 Å². The fraction of sp³-hybridized carbons (Fsp3) is 0.684. The summed E-state index contributed by atoms with van der Waals surface area (Å²) in [5.74, 6) is 3.21. The average Bonchev–Trinajstić information content (AvgIpc) is 2.83. The van der Waals surface area contributed by atoms with Gasteiger partial charge < -0.3 is 0 Å². The maximum absolute atomic E-state index is 11.7. The van der Waals surface area contributed by atoms with Crippen LogP contribution in [-0.4, -0.2) is 5.78 Å². The highest BCUT2D eigenvalue weighted by atomic mass is 16.1. The highest BCUT2D eigenvalue weighted by molar-refractivity contribution is 5.91. The molecule has 4 aliphatic rings. The van der Waals surface area contributed by atoms with Gasteiger partial charge in [-0.1, -0.05) is 18.6 Å². The first-order valence-electron chi connectivity index (χ1n) is 8.47. The molecule has 2 nitrogen and oxygen atoms in total. The van der Waals surface area contributed by atoms with Gasteiger partial charge in [0.15, 0.2) is 5.78 Å². The molecule has 0 aliphatic heterocycles. The Balaban J connectivity index is 1.64. The molecule has 110 valence electrons. The largest absolute Gasteiger partial charge is 0.295 e. The molecule has 2 fully saturated rings. The fourth-order valence-corrected chi connectivity index (χ4v) is 5.92. The van der Waals surface area contributed by atoms with Crippen LogP contribution in [0.5, 0.6) is 0 Å². The van der Waals surface area contributed by atoms with Crippen molar-refractivity contribution < 1.29 is 4.79 Å². The Morgan fingerprint density at radius 3 is 2.90 bits per heavy atom. The van der Waals surface area contributed by atoms with Gasteiger partial charge in [-0.15, -0.1) is 0 Å². The zero-order chi connectivity index (χ0) is 14.6. The molecular weight excluding hydrogens is 258 g/mol. The summed E-state index contributed by atoms with van der Waals surface area (Å²) in [4.78, 5) is 11.7. The minimum atomic E-state index is 0.140. The molecule has 21 heavy (non-hydrogen) atoms. The first kappa shape index (κ1) is 13.3. The van der Waals surface area contributed by atoms with E-state index in [1.165, 1.54) is 18.4 Å². The third-order valence-corrected chi connectivity index (χ3v) is 7.00. The van der Waals surface area contributed by atoms with E-state index in [2.05, 4.69) is 19.1 Å². The van der Waals surface area contributed by atoms with Crippen molar-refractivity contribution in [2.45, 2.75) is 51.9 Å². The summed E-state index contributed by atoms with van der Waals surface area (Å²) < 4.78 is 0. The normalized spacial score (nSPS) is 44.9. The van der Waals surface area contributed by atoms with Crippen LogP contribution in [0, 0.1) is 40.4 Å². The highest BCUT2D eigenvalue weighted by Crippen LogP contribution is 2.61. The van der Waals surface area contributed by atoms with Gasteiger partial charge in [-0.05, 0) is 68.3 Å². The maximum Gasteiger partial charge on any atom is 0.155 e. The zero-order valence-corrected chi connectivity index (χ0v) is 12.8. The monoisotopic (exact) mass is 281 g/mol. The Labute approximate surface area is 126 Å². The smallest absolute Gasteiger partial charge is 0.155 e. The molecule has 0 aromatic carbocycles. The molecule has 0 heterocycles. The van der Waals surface area contributed by atoms with Gasteiger partial charge in [-0.25, -0.2) is 0 Å². The summed E-state index contributed by atoms with van der Waals surface area (Å²) >= 11 is 0. The number of hydrogen-bond acceptors (Lipinski definition) is 2. The summed E-state index contributed by atoms with van der Waals surface area (Å²) in [6.45, 7) is 2.33. The number of carbonyl (C=O) groups is 1. The third kappa shape index (κ3) is 1.79. The minimum Gasteiger partial charge on any atom is -0.295 e. The number of ketones is 1. The van der Waals surface area contributed by atoms with Gasteiger partial charge in [0.05, 0.1) is 6.07 Å². The van der Waals surface area contributed by atoms with Crippen LogP contribution >= 0.6 is 0 Å². The van der Waals surface area contributed by atoms with Gasteiger partial charge in [0, 0.05) is 17.4 Å². The van der Waals surface area contributed by atoms with E-state index >= 15 is 0 Å². The Morgan fingerprint density at radius 1 is 1.24 bits per heavy atom. The van der Waals surface area contributed by atoms with E-state index < -0.39 is 0 Å². The van der Waals surface area contributed by atoms with Crippen LogP contribution in [0.4, 0.5) is 0 Å². The molecule has 0 amide bonds. The molecule has 0 N–H and O–H groups in total. The van der Waals surface area contributed by atoms with Crippen molar-refractivity contribution in [3.8, 4) is 6.07 Å². The van der Waals surface area contributed by atoms with Crippen molar-refractivity contribution in [1.29, 1.82) is 5.26 Å². The number of nitrogens with zero attached hydrogens (tertiary/aromatic N) is 1. The average molecular weight is 281 g/mol. The van der Waals surface area contributed by atoms with Crippen molar-refractivity contribution in [2.24, 2.45) is 29.1 Å². The lowest BCUT2D eigenvalue weighted by Crippen LogP contribution is -2.45. The molecule has 0 radical (unpaired) electrons. The van der Waals surface area contributed by atoms with Crippen molar-refractivity contribution in [1.82, 2.24) is 0 Å². The standard InChI is InChI=1S/C19H23NO/c1-19-9-8-16-15-6-4-14(21)10-12(15)2-5-17(16)18(19)7-3-13(19)11-20/h3,10,15-18H,2,4-9H2,1H3/t15-,16+,17+,18-,19+/m0/s1. The molecule has 2 saturated carbocycles. The van der Waals surface area contributed by atoms with Crippen LogP contribution in [0.1, 0.15) is 51.9 Å². The molecule has 0 aromatic heterocycles. The van der Waals surface area contributed by atoms with E-state index in [9.17, 15) is 10.1 Å². The van der Waals surface area contributed by atoms with Crippen LogP contribution in [0.3, 0.4) is 0 Å². The van der Waals surface area contributed by atoms with E-state index in [4.69, 9.17) is 0 Å². The van der Waals surface area contributed by atoms with Crippen LogP contribution < -0.4 is 0 Å². The first-order chi connectivity index (χ1) is 10.1. The lowest BCUT2D eigenvalue weighted by molar-refractivity contribution is -0.115. The molecule has 4 aliphatic carbocycles. The van der Waals surface area contributed by atoms with Crippen molar-refractivity contribution >= 4 is 5.78 Å². The van der Waals surface area contributed by atoms with Gasteiger partial charge >= 0.3 is 0 Å². The van der Waals surface area contributed by atoms with Crippen LogP contribution in [0.2, 0.25) is 0 Å². The second-order valence-corrected chi connectivity index (χ2v) is 7.73. The summed E-state index contributed by atoms with van der Waals surface area (Å²) in [5.41, 5.74) is 2.63. The Hall–Kier alpha value is -1.36. The second kappa shape index (κ2) is 4.57. The number of fused-ring (bicyclic) bond motifs is 5. The Kier molecular flexibility index (Phi) is 2.89. The van der Waals surface area contributed by atoms with Gasteiger partial charge in [0.1, 0.15) is 0 Å². The Bertz CT molecular complexity index is 593. The van der Waals surface area contributed by atoms with Crippen LogP contribution in [0.15, 0.2) is 23.3 Å². The number of rotatable bonds is 0. The molecule has 4 rings (SSSR count). The topological polar surface area (TPSA) is 40.9 Å². The van der Waals surface area contributed by atoms with E-state index in [-0.39, 0.29) is 5.41 Å².